The van der Waals surface area contributed by atoms with Gasteiger partial charge in [-0.1, -0.05) is 0 Å². The highest BCUT2D eigenvalue weighted by atomic mass is 16.4. The van der Waals surface area contributed by atoms with Crippen molar-refractivity contribution < 1.29 is 14.7 Å². The molecule has 4 nitrogen and oxygen atoms in total. The fourth-order valence-electron chi connectivity index (χ4n) is 1.13. The van der Waals surface area contributed by atoms with Crippen LogP contribution in [0.5, 0.6) is 0 Å². The molecule has 74 valence electrons. The maximum absolute atomic E-state index is 10.7. The first-order chi connectivity index (χ1) is 6.61. The number of ketones is 1. The second kappa shape index (κ2) is 4.50. The normalized spacial score (nSPS) is 9.79. The predicted octanol–water partition coefficient (Wildman–Crippen LogP) is 1.30. The first-order valence-corrected chi connectivity index (χ1v) is 4.28. The molecular formula is C10H11NO3. The Morgan fingerprint density at radius 2 is 2.21 bits per heavy atom. The zero-order chi connectivity index (χ0) is 10.6. The van der Waals surface area contributed by atoms with Crippen molar-refractivity contribution >= 4 is 11.8 Å². The van der Waals surface area contributed by atoms with Crippen molar-refractivity contribution in [2.45, 2.75) is 19.8 Å². The number of aromatic carboxylic acids is 1. The van der Waals surface area contributed by atoms with Gasteiger partial charge in [0.2, 0.25) is 0 Å². The SMILES string of the molecule is CC(=O)CCc1ncccc1C(=O)O. The molecule has 0 aliphatic rings. The van der Waals surface area contributed by atoms with E-state index in [-0.39, 0.29) is 11.3 Å². The third-order valence-corrected chi connectivity index (χ3v) is 1.83. The lowest BCUT2D eigenvalue weighted by atomic mass is 10.1. The highest BCUT2D eigenvalue weighted by molar-refractivity contribution is 5.89. The molecule has 1 N–H and O–H groups in total. The smallest absolute Gasteiger partial charge is 0.337 e. The summed E-state index contributed by atoms with van der Waals surface area (Å²) >= 11 is 0. The molecule has 1 aromatic heterocycles. The molecule has 0 fully saturated rings. The Morgan fingerprint density at radius 1 is 1.50 bits per heavy atom. The maximum Gasteiger partial charge on any atom is 0.337 e. The highest BCUT2D eigenvalue weighted by Crippen LogP contribution is 2.07. The van der Waals surface area contributed by atoms with E-state index < -0.39 is 5.97 Å². The second-order valence-corrected chi connectivity index (χ2v) is 3.00. The summed E-state index contributed by atoms with van der Waals surface area (Å²) in [5.41, 5.74) is 0.643. The molecule has 1 aromatic rings. The van der Waals surface area contributed by atoms with Crippen LogP contribution in [-0.4, -0.2) is 21.8 Å². The minimum Gasteiger partial charge on any atom is -0.478 e. The first-order valence-electron chi connectivity index (χ1n) is 4.28. The molecule has 0 unspecified atom stereocenters. The summed E-state index contributed by atoms with van der Waals surface area (Å²) in [7, 11) is 0. The molecule has 1 rings (SSSR count). The average Bonchev–Trinajstić information content (AvgIpc) is 2.15. The molecule has 0 saturated heterocycles. The molecule has 4 heteroatoms. The van der Waals surface area contributed by atoms with Crippen molar-refractivity contribution in [3.05, 3.63) is 29.6 Å². The quantitative estimate of drug-likeness (QED) is 0.782. The molecule has 0 radical (unpaired) electrons. The lowest BCUT2D eigenvalue weighted by Crippen LogP contribution is -2.06. The van der Waals surface area contributed by atoms with Crippen LogP contribution in [0.3, 0.4) is 0 Å². The van der Waals surface area contributed by atoms with Gasteiger partial charge in [0.05, 0.1) is 11.3 Å². The van der Waals surface area contributed by atoms with Crippen molar-refractivity contribution in [3.63, 3.8) is 0 Å². The fourth-order valence-corrected chi connectivity index (χ4v) is 1.13. The summed E-state index contributed by atoms with van der Waals surface area (Å²) < 4.78 is 0. The van der Waals surface area contributed by atoms with Crippen LogP contribution in [-0.2, 0) is 11.2 Å². The molecule has 0 aliphatic carbocycles. The number of rotatable bonds is 4. The average molecular weight is 193 g/mol. The van der Waals surface area contributed by atoms with Crippen LogP contribution < -0.4 is 0 Å². The van der Waals surface area contributed by atoms with Crippen molar-refractivity contribution in [1.29, 1.82) is 0 Å². The number of carboxylic acids is 1. The molecule has 0 saturated carbocycles. The number of carbonyl (C=O) groups is 2. The van der Waals surface area contributed by atoms with Crippen LogP contribution in [0.2, 0.25) is 0 Å². The predicted molar refractivity (Wildman–Crippen MR) is 50.2 cm³/mol. The van der Waals surface area contributed by atoms with Gasteiger partial charge in [-0.05, 0) is 25.5 Å². The fraction of sp³-hybridized carbons (Fsp3) is 0.300. The zero-order valence-electron chi connectivity index (χ0n) is 7.86. The monoisotopic (exact) mass is 193 g/mol. The molecule has 0 amide bonds. The number of Topliss-reactive ketones (excluding diaryl/α,β-unsaturated/α-hetero) is 1. The number of nitrogens with zero attached hydrogens (tertiary/aromatic N) is 1. The van der Waals surface area contributed by atoms with Crippen LogP contribution in [0.15, 0.2) is 18.3 Å². The minimum atomic E-state index is -1.00. The molecule has 0 spiro atoms. The van der Waals surface area contributed by atoms with Gasteiger partial charge in [-0.2, -0.15) is 0 Å². The van der Waals surface area contributed by atoms with Gasteiger partial charge >= 0.3 is 5.97 Å². The van der Waals surface area contributed by atoms with Gasteiger partial charge in [0, 0.05) is 12.6 Å². The summed E-state index contributed by atoms with van der Waals surface area (Å²) in [4.78, 5) is 25.4. The van der Waals surface area contributed by atoms with E-state index >= 15 is 0 Å². The van der Waals surface area contributed by atoms with E-state index in [4.69, 9.17) is 5.11 Å². The first kappa shape index (κ1) is 10.4. The minimum absolute atomic E-state index is 0.0343. The molecule has 14 heavy (non-hydrogen) atoms. The topological polar surface area (TPSA) is 67.3 Å². The van der Waals surface area contributed by atoms with E-state index in [0.717, 1.165) is 0 Å². The van der Waals surface area contributed by atoms with E-state index in [0.29, 0.717) is 18.5 Å². The van der Waals surface area contributed by atoms with Crippen LogP contribution in [0, 0.1) is 0 Å². The van der Waals surface area contributed by atoms with E-state index in [1.807, 2.05) is 0 Å². The van der Waals surface area contributed by atoms with E-state index in [9.17, 15) is 9.59 Å². The molecule has 0 aliphatic heterocycles. The Labute approximate surface area is 81.6 Å². The van der Waals surface area contributed by atoms with Gasteiger partial charge in [-0.15, -0.1) is 0 Å². The Kier molecular flexibility index (Phi) is 3.34. The molecule has 1 heterocycles. The van der Waals surface area contributed by atoms with Crippen LogP contribution >= 0.6 is 0 Å². The van der Waals surface area contributed by atoms with Gasteiger partial charge < -0.3 is 9.90 Å². The lowest BCUT2D eigenvalue weighted by molar-refractivity contribution is -0.117. The second-order valence-electron chi connectivity index (χ2n) is 3.00. The molecular weight excluding hydrogens is 182 g/mol. The zero-order valence-corrected chi connectivity index (χ0v) is 7.86. The number of pyridine rings is 1. The molecule has 0 atom stereocenters. The largest absolute Gasteiger partial charge is 0.478 e. The number of aromatic nitrogens is 1. The van der Waals surface area contributed by atoms with Gasteiger partial charge in [-0.25, -0.2) is 4.79 Å². The van der Waals surface area contributed by atoms with Crippen molar-refractivity contribution in [1.82, 2.24) is 4.98 Å². The van der Waals surface area contributed by atoms with Gasteiger partial charge in [0.1, 0.15) is 5.78 Å². The summed E-state index contributed by atoms with van der Waals surface area (Å²) in [6, 6.07) is 3.06. The third-order valence-electron chi connectivity index (χ3n) is 1.83. The molecule has 0 bridgehead atoms. The Bertz CT molecular complexity index is 360. The Hall–Kier alpha value is -1.71. The number of carboxylic acid groups (broad SMARTS) is 1. The van der Waals surface area contributed by atoms with Crippen molar-refractivity contribution in [3.8, 4) is 0 Å². The van der Waals surface area contributed by atoms with Gasteiger partial charge in [0.15, 0.2) is 0 Å². The van der Waals surface area contributed by atoms with Gasteiger partial charge in [0.25, 0.3) is 0 Å². The van der Waals surface area contributed by atoms with Crippen LogP contribution in [0.4, 0.5) is 0 Å². The summed E-state index contributed by atoms with van der Waals surface area (Å²) in [6.07, 6.45) is 2.25. The van der Waals surface area contributed by atoms with E-state index in [1.54, 1.807) is 6.07 Å². The lowest BCUT2D eigenvalue weighted by Gasteiger charge is -2.02. The van der Waals surface area contributed by atoms with Crippen molar-refractivity contribution in [2.24, 2.45) is 0 Å². The number of hydrogen-bond acceptors (Lipinski definition) is 3. The third kappa shape index (κ3) is 2.65. The number of hydrogen-bond donors (Lipinski definition) is 1. The van der Waals surface area contributed by atoms with Crippen LogP contribution in [0.25, 0.3) is 0 Å². The summed E-state index contributed by atoms with van der Waals surface area (Å²) in [5, 5.41) is 8.81. The standard InChI is InChI=1S/C10H11NO3/c1-7(12)4-5-9-8(10(13)14)3-2-6-11-9/h2-3,6H,4-5H2,1H3,(H,13,14). The number of carbonyl (C=O) groups excluding carboxylic acids is 1. The maximum atomic E-state index is 10.7. The Morgan fingerprint density at radius 3 is 2.79 bits per heavy atom. The number of aryl methyl sites for hydroxylation is 1. The van der Waals surface area contributed by atoms with Crippen LogP contribution in [0.1, 0.15) is 29.4 Å². The Balaban J connectivity index is 2.84. The van der Waals surface area contributed by atoms with Crippen molar-refractivity contribution in [2.75, 3.05) is 0 Å². The highest BCUT2D eigenvalue weighted by Gasteiger charge is 2.10. The van der Waals surface area contributed by atoms with E-state index in [1.165, 1.54) is 19.2 Å². The van der Waals surface area contributed by atoms with Gasteiger partial charge in [-0.3, -0.25) is 4.98 Å². The van der Waals surface area contributed by atoms with E-state index in [2.05, 4.69) is 4.98 Å². The summed E-state index contributed by atoms with van der Waals surface area (Å²) in [5.74, 6) is -0.969. The summed E-state index contributed by atoms with van der Waals surface area (Å²) in [6.45, 7) is 1.48. The molecule has 0 aromatic carbocycles.